The largest absolute Gasteiger partial charge is 0.386 e. The molecular formula is C18H16N2O. The molecule has 0 fully saturated rings. The van der Waals surface area contributed by atoms with Crippen molar-refractivity contribution in [2.75, 3.05) is 0 Å². The van der Waals surface area contributed by atoms with Gasteiger partial charge in [0, 0.05) is 12.1 Å². The molecule has 1 heterocycles. The van der Waals surface area contributed by atoms with Gasteiger partial charge in [-0.05, 0) is 35.7 Å². The van der Waals surface area contributed by atoms with E-state index in [1.807, 2.05) is 47.1 Å². The van der Waals surface area contributed by atoms with Gasteiger partial charge >= 0.3 is 0 Å². The number of rotatable bonds is 3. The average Bonchev–Trinajstić information content (AvgIpc) is 2.99. The number of hydrogen-bond acceptors (Lipinski definition) is 2. The molecule has 4 rings (SSSR count). The van der Waals surface area contributed by atoms with Gasteiger partial charge in [0.15, 0.2) is 0 Å². The van der Waals surface area contributed by atoms with Crippen molar-refractivity contribution < 1.29 is 5.11 Å². The van der Waals surface area contributed by atoms with E-state index < -0.39 is 6.10 Å². The maximum Gasteiger partial charge on any atom is 0.103 e. The lowest BCUT2D eigenvalue weighted by Gasteiger charge is -2.34. The number of para-hydroxylation sites is 1. The zero-order valence-corrected chi connectivity index (χ0v) is 11.6. The number of aromatic nitrogens is 2. The minimum atomic E-state index is -0.525. The van der Waals surface area contributed by atoms with Gasteiger partial charge in [0.2, 0.25) is 0 Å². The lowest BCUT2D eigenvalue weighted by Crippen LogP contribution is -2.25. The lowest BCUT2D eigenvalue weighted by molar-refractivity contribution is 0.127. The molecule has 3 nitrogen and oxygen atoms in total. The molecule has 1 aliphatic rings. The molecule has 3 aromatic rings. The fraction of sp³-hybridized carbons (Fsp3) is 0.167. The number of hydrogen-bond donors (Lipinski definition) is 1. The van der Waals surface area contributed by atoms with E-state index in [-0.39, 0.29) is 5.92 Å². The third kappa shape index (κ3) is 1.98. The SMILES string of the molecule is OC(c1ccnn1-c1ccccc1)C1Cc2ccccc21. The highest BCUT2D eigenvalue weighted by molar-refractivity contribution is 5.42. The summed E-state index contributed by atoms with van der Waals surface area (Å²) >= 11 is 0. The van der Waals surface area contributed by atoms with Crippen molar-refractivity contribution in [3.63, 3.8) is 0 Å². The van der Waals surface area contributed by atoms with Gasteiger partial charge in [-0.15, -0.1) is 0 Å². The zero-order valence-electron chi connectivity index (χ0n) is 11.6. The Labute approximate surface area is 123 Å². The highest BCUT2D eigenvalue weighted by Gasteiger charge is 2.34. The first-order chi connectivity index (χ1) is 10.3. The molecule has 0 saturated carbocycles. The Kier molecular flexibility index (Phi) is 2.86. The summed E-state index contributed by atoms with van der Waals surface area (Å²) in [5, 5.41) is 15.1. The van der Waals surface area contributed by atoms with Crippen LogP contribution in [0.1, 0.15) is 28.8 Å². The Morgan fingerprint density at radius 3 is 2.57 bits per heavy atom. The quantitative estimate of drug-likeness (QED) is 0.797. The molecule has 2 unspecified atom stereocenters. The molecule has 104 valence electrons. The van der Waals surface area contributed by atoms with Gasteiger partial charge in [0.25, 0.3) is 0 Å². The van der Waals surface area contributed by atoms with Crippen molar-refractivity contribution in [3.8, 4) is 5.69 Å². The molecule has 0 radical (unpaired) electrons. The van der Waals surface area contributed by atoms with Crippen LogP contribution in [0.3, 0.4) is 0 Å². The van der Waals surface area contributed by atoms with Gasteiger partial charge in [-0.25, -0.2) is 4.68 Å². The number of aliphatic hydroxyl groups excluding tert-OH is 1. The predicted octanol–water partition coefficient (Wildman–Crippen LogP) is 3.25. The molecule has 1 aromatic heterocycles. The number of fused-ring (bicyclic) bond motifs is 1. The van der Waals surface area contributed by atoms with E-state index >= 15 is 0 Å². The summed E-state index contributed by atoms with van der Waals surface area (Å²) < 4.78 is 1.82. The van der Waals surface area contributed by atoms with E-state index in [1.165, 1.54) is 11.1 Å². The van der Waals surface area contributed by atoms with Crippen LogP contribution >= 0.6 is 0 Å². The van der Waals surface area contributed by atoms with Crippen molar-refractivity contribution in [3.05, 3.63) is 83.7 Å². The van der Waals surface area contributed by atoms with Crippen LogP contribution in [-0.2, 0) is 6.42 Å². The van der Waals surface area contributed by atoms with Gasteiger partial charge < -0.3 is 5.11 Å². The standard InChI is InChI=1S/C18H16N2O/c21-18(16-12-13-6-4-5-9-15(13)16)17-10-11-19-20(17)14-7-2-1-3-8-14/h1-11,16,18,21H,12H2. The minimum Gasteiger partial charge on any atom is -0.386 e. The number of benzene rings is 2. The maximum absolute atomic E-state index is 10.8. The lowest BCUT2D eigenvalue weighted by atomic mass is 9.74. The smallest absolute Gasteiger partial charge is 0.103 e. The van der Waals surface area contributed by atoms with E-state index in [4.69, 9.17) is 0 Å². The third-order valence-electron chi connectivity index (χ3n) is 4.25. The highest BCUT2D eigenvalue weighted by atomic mass is 16.3. The molecule has 2 atom stereocenters. The molecule has 0 saturated heterocycles. The summed E-state index contributed by atoms with van der Waals surface area (Å²) in [5.41, 5.74) is 4.42. The fourth-order valence-corrected chi connectivity index (χ4v) is 3.11. The summed E-state index contributed by atoms with van der Waals surface area (Å²) in [6, 6.07) is 20.2. The highest BCUT2D eigenvalue weighted by Crippen LogP contribution is 2.43. The zero-order chi connectivity index (χ0) is 14.2. The minimum absolute atomic E-state index is 0.167. The first-order valence-electron chi connectivity index (χ1n) is 7.20. The maximum atomic E-state index is 10.8. The molecule has 3 heteroatoms. The summed E-state index contributed by atoms with van der Waals surface area (Å²) in [5.74, 6) is 0.167. The first-order valence-corrected chi connectivity index (χ1v) is 7.20. The van der Waals surface area contributed by atoms with E-state index in [2.05, 4.69) is 23.3 Å². The molecule has 1 aliphatic carbocycles. The van der Waals surface area contributed by atoms with E-state index in [0.717, 1.165) is 17.8 Å². The van der Waals surface area contributed by atoms with E-state index in [1.54, 1.807) is 6.20 Å². The van der Waals surface area contributed by atoms with Crippen LogP contribution in [0.5, 0.6) is 0 Å². The van der Waals surface area contributed by atoms with Crippen molar-refractivity contribution in [1.82, 2.24) is 9.78 Å². The van der Waals surface area contributed by atoms with Crippen LogP contribution in [0.4, 0.5) is 0 Å². The average molecular weight is 276 g/mol. The van der Waals surface area contributed by atoms with Gasteiger partial charge in [0.05, 0.1) is 11.4 Å². The Bertz CT molecular complexity index is 764. The fourth-order valence-electron chi connectivity index (χ4n) is 3.11. The predicted molar refractivity (Wildman–Crippen MR) is 81.4 cm³/mol. The molecule has 1 N–H and O–H groups in total. The van der Waals surface area contributed by atoms with E-state index in [9.17, 15) is 5.11 Å². The van der Waals surface area contributed by atoms with Gasteiger partial charge in [0.1, 0.15) is 6.10 Å². The summed E-state index contributed by atoms with van der Waals surface area (Å²) in [4.78, 5) is 0. The summed E-state index contributed by atoms with van der Waals surface area (Å²) in [6.45, 7) is 0. The van der Waals surface area contributed by atoms with Crippen molar-refractivity contribution in [1.29, 1.82) is 0 Å². The molecule has 2 aromatic carbocycles. The van der Waals surface area contributed by atoms with Crippen LogP contribution in [0.25, 0.3) is 5.69 Å². The molecule has 21 heavy (non-hydrogen) atoms. The number of nitrogens with zero attached hydrogens (tertiary/aromatic N) is 2. The Morgan fingerprint density at radius 1 is 1.00 bits per heavy atom. The number of aliphatic hydroxyl groups is 1. The molecule has 0 spiro atoms. The molecule has 0 bridgehead atoms. The van der Waals surface area contributed by atoms with Gasteiger partial charge in [-0.1, -0.05) is 42.5 Å². The molecular weight excluding hydrogens is 260 g/mol. The van der Waals surface area contributed by atoms with Crippen molar-refractivity contribution >= 4 is 0 Å². The second-order valence-corrected chi connectivity index (χ2v) is 5.46. The van der Waals surface area contributed by atoms with Crippen LogP contribution in [0.15, 0.2) is 66.9 Å². The van der Waals surface area contributed by atoms with Gasteiger partial charge in [-0.3, -0.25) is 0 Å². The second kappa shape index (κ2) is 4.86. The Morgan fingerprint density at radius 2 is 1.76 bits per heavy atom. The Balaban J connectivity index is 1.68. The van der Waals surface area contributed by atoms with Crippen LogP contribution < -0.4 is 0 Å². The van der Waals surface area contributed by atoms with Crippen LogP contribution in [0, 0.1) is 0 Å². The van der Waals surface area contributed by atoms with Crippen LogP contribution in [0.2, 0.25) is 0 Å². The first kappa shape index (κ1) is 12.4. The monoisotopic (exact) mass is 276 g/mol. The van der Waals surface area contributed by atoms with E-state index in [0.29, 0.717) is 0 Å². The molecule has 0 aliphatic heterocycles. The topological polar surface area (TPSA) is 38.1 Å². The van der Waals surface area contributed by atoms with Crippen molar-refractivity contribution in [2.24, 2.45) is 0 Å². The van der Waals surface area contributed by atoms with Gasteiger partial charge in [-0.2, -0.15) is 5.10 Å². The third-order valence-corrected chi connectivity index (χ3v) is 4.25. The second-order valence-electron chi connectivity index (χ2n) is 5.46. The Hall–Kier alpha value is -2.39. The summed E-state index contributed by atoms with van der Waals surface area (Å²) in [7, 11) is 0. The molecule has 0 amide bonds. The van der Waals surface area contributed by atoms with Crippen LogP contribution in [-0.4, -0.2) is 14.9 Å². The normalized spacial score (nSPS) is 17.9. The summed E-state index contributed by atoms with van der Waals surface area (Å²) in [6.07, 6.45) is 2.15. The van der Waals surface area contributed by atoms with Crippen molar-refractivity contribution in [2.45, 2.75) is 18.4 Å².